The maximum absolute atomic E-state index is 6.54. The summed E-state index contributed by atoms with van der Waals surface area (Å²) in [6.45, 7) is 4.74. The summed E-state index contributed by atoms with van der Waals surface area (Å²) in [7, 11) is 1.87. The van der Waals surface area contributed by atoms with Gasteiger partial charge in [-0.25, -0.2) is 0 Å². The SMILES string of the molecule is COC1(C(N)CC2CCCC2)CCC(C)(C)CC1. The van der Waals surface area contributed by atoms with Crippen molar-refractivity contribution in [1.29, 1.82) is 0 Å². The molecular weight excluding hydrogens is 222 g/mol. The van der Waals surface area contributed by atoms with Gasteiger partial charge in [-0.05, 0) is 43.4 Å². The number of methoxy groups -OCH3 is 1. The van der Waals surface area contributed by atoms with Crippen molar-refractivity contribution in [1.82, 2.24) is 0 Å². The molecule has 2 aliphatic rings. The highest BCUT2D eigenvalue weighted by Crippen LogP contribution is 2.44. The van der Waals surface area contributed by atoms with Gasteiger partial charge in [-0.2, -0.15) is 0 Å². The Kier molecular flexibility index (Phi) is 4.38. The lowest BCUT2D eigenvalue weighted by atomic mass is 9.67. The summed E-state index contributed by atoms with van der Waals surface area (Å²) in [6, 6.07) is 0.238. The molecule has 2 aliphatic carbocycles. The largest absolute Gasteiger partial charge is 0.377 e. The number of ether oxygens (including phenoxy) is 1. The Labute approximate surface area is 113 Å². The first kappa shape index (κ1) is 14.3. The van der Waals surface area contributed by atoms with Crippen molar-refractivity contribution in [3.63, 3.8) is 0 Å². The van der Waals surface area contributed by atoms with Gasteiger partial charge < -0.3 is 10.5 Å². The molecule has 2 nitrogen and oxygen atoms in total. The Bertz CT molecular complexity index is 258. The van der Waals surface area contributed by atoms with E-state index in [1.54, 1.807) is 0 Å². The lowest BCUT2D eigenvalue weighted by Crippen LogP contribution is -2.53. The Hall–Kier alpha value is -0.0800. The van der Waals surface area contributed by atoms with Crippen molar-refractivity contribution in [2.45, 2.75) is 83.3 Å². The molecule has 0 aromatic heterocycles. The van der Waals surface area contributed by atoms with Crippen molar-refractivity contribution in [3.05, 3.63) is 0 Å². The van der Waals surface area contributed by atoms with Crippen LogP contribution in [0.3, 0.4) is 0 Å². The molecule has 0 amide bonds. The topological polar surface area (TPSA) is 35.2 Å². The molecule has 2 heteroatoms. The summed E-state index contributed by atoms with van der Waals surface area (Å²) in [5, 5.41) is 0. The van der Waals surface area contributed by atoms with Crippen LogP contribution in [0.1, 0.15) is 71.6 Å². The van der Waals surface area contributed by atoms with E-state index in [4.69, 9.17) is 10.5 Å². The first-order chi connectivity index (χ1) is 8.47. The van der Waals surface area contributed by atoms with Crippen LogP contribution in [0.4, 0.5) is 0 Å². The van der Waals surface area contributed by atoms with Gasteiger partial charge >= 0.3 is 0 Å². The molecule has 0 aromatic carbocycles. The van der Waals surface area contributed by atoms with Gasteiger partial charge in [0, 0.05) is 13.2 Å². The maximum atomic E-state index is 6.54. The van der Waals surface area contributed by atoms with E-state index < -0.39 is 0 Å². The average Bonchev–Trinajstić information content (AvgIpc) is 2.82. The first-order valence-electron chi connectivity index (χ1n) is 7.78. The number of nitrogens with two attached hydrogens (primary N) is 1. The lowest BCUT2D eigenvalue weighted by molar-refractivity contribution is -0.0822. The van der Waals surface area contributed by atoms with Crippen LogP contribution in [-0.2, 0) is 4.74 Å². The van der Waals surface area contributed by atoms with E-state index in [9.17, 15) is 0 Å². The summed E-state index contributed by atoms with van der Waals surface area (Å²) in [5.41, 5.74) is 6.99. The van der Waals surface area contributed by atoms with E-state index in [1.807, 2.05) is 7.11 Å². The Morgan fingerprint density at radius 3 is 2.17 bits per heavy atom. The summed E-state index contributed by atoms with van der Waals surface area (Å²) in [5.74, 6) is 0.863. The molecule has 0 aromatic rings. The molecule has 0 spiro atoms. The number of rotatable bonds is 4. The lowest BCUT2D eigenvalue weighted by Gasteiger charge is -2.46. The first-order valence-corrected chi connectivity index (χ1v) is 7.78. The van der Waals surface area contributed by atoms with E-state index in [-0.39, 0.29) is 11.6 Å². The van der Waals surface area contributed by atoms with Crippen LogP contribution in [0, 0.1) is 11.3 Å². The van der Waals surface area contributed by atoms with Gasteiger partial charge in [0.1, 0.15) is 0 Å². The van der Waals surface area contributed by atoms with Crippen LogP contribution in [0.25, 0.3) is 0 Å². The fourth-order valence-corrected chi connectivity index (χ4v) is 3.90. The van der Waals surface area contributed by atoms with E-state index in [0.29, 0.717) is 5.41 Å². The molecule has 1 atom stereocenters. The van der Waals surface area contributed by atoms with Gasteiger partial charge in [-0.3, -0.25) is 0 Å². The minimum absolute atomic E-state index is 0.0297. The Balaban J connectivity index is 1.94. The fourth-order valence-electron chi connectivity index (χ4n) is 3.90. The predicted octanol–water partition coefficient (Wildman–Crippen LogP) is 3.88. The fraction of sp³-hybridized carbons (Fsp3) is 1.00. The summed E-state index contributed by atoms with van der Waals surface area (Å²) in [4.78, 5) is 0. The van der Waals surface area contributed by atoms with E-state index in [2.05, 4.69) is 13.8 Å². The van der Waals surface area contributed by atoms with Gasteiger partial charge in [0.2, 0.25) is 0 Å². The molecule has 1 unspecified atom stereocenters. The number of hydrogen-bond acceptors (Lipinski definition) is 2. The summed E-state index contributed by atoms with van der Waals surface area (Å²) >= 11 is 0. The number of hydrogen-bond donors (Lipinski definition) is 1. The van der Waals surface area contributed by atoms with Gasteiger partial charge in [-0.15, -0.1) is 0 Å². The highest BCUT2D eigenvalue weighted by molar-refractivity contribution is 4.98. The minimum Gasteiger partial charge on any atom is -0.377 e. The summed E-state index contributed by atoms with van der Waals surface area (Å²) in [6.07, 6.45) is 11.5. The second-order valence-corrected chi connectivity index (χ2v) is 7.43. The molecule has 0 radical (unpaired) electrons. The zero-order chi connectivity index (χ0) is 13.2. The van der Waals surface area contributed by atoms with Crippen LogP contribution in [-0.4, -0.2) is 18.8 Å². The quantitative estimate of drug-likeness (QED) is 0.825. The second-order valence-electron chi connectivity index (χ2n) is 7.43. The molecular formula is C16H31NO. The monoisotopic (exact) mass is 253 g/mol. The van der Waals surface area contributed by atoms with Crippen molar-refractivity contribution >= 4 is 0 Å². The van der Waals surface area contributed by atoms with Crippen LogP contribution in [0.5, 0.6) is 0 Å². The molecule has 2 fully saturated rings. The molecule has 0 heterocycles. The van der Waals surface area contributed by atoms with Crippen molar-refractivity contribution in [3.8, 4) is 0 Å². The molecule has 0 aliphatic heterocycles. The van der Waals surface area contributed by atoms with E-state index in [0.717, 1.165) is 18.8 Å². The molecule has 2 saturated carbocycles. The highest BCUT2D eigenvalue weighted by Gasteiger charge is 2.43. The van der Waals surface area contributed by atoms with Gasteiger partial charge in [0.15, 0.2) is 0 Å². The Morgan fingerprint density at radius 2 is 1.67 bits per heavy atom. The standard InChI is InChI=1S/C16H31NO/c1-15(2)8-10-16(18-3,11-9-15)14(17)12-13-6-4-5-7-13/h13-14H,4-12,17H2,1-3H3. The molecule has 18 heavy (non-hydrogen) atoms. The summed E-state index contributed by atoms with van der Waals surface area (Å²) < 4.78 is 5.92. The third-order valence-electron chi connectivity index (χ3n) is 5.59. The maximum Gasteiger partial charge on any atom is 0.0829 e. The highest BCUT2D eigenvalue weighted by atomic mass is 16.5. The molecule has 2 rings (SSSR count). The molecule has 0 saturated heterocycles. The van der Waals surface area contributed by atoms with Crippen molar-refractivity contribution in [2.75, 3.05) is 7.11 Å². The smallest absolute Gasteiger partial charge is 0.0829 e. The molecule has 0 bridgehead atoms. The van der Waals surface area contributed by atoms with Gasteiger partial charge in [0.25, 0.3) is 0 Å². The van der Waals surface area contributed by atoms with Crippen LogP contribution >= 0.6 is 0 Å². The van der Waals surface area contributed by atoms with Crippen molar-refractivity contribution in [2.24, 2.45) is 17.1 Å². The molecule has 106 valence electrons. The van der Waals surface area contributed by atoms with Crippen LogP contribution < -0.4 is 5.73 Å². The third kappa shape index (κ3) is 3.08. The minimum atomic E-state index is -0.0297. The third-order valence-corrected chi connectivity index (χ3v) is 5.59. The van der Waals surface area contributed by atoms with Gasteiger partial charge in [0.05, 0.1) is 5.60 Å². The Morgan fingerprint density at radius 1 is 1.11 bits per heavy atom. The second kappa shape index (κ2) is 5.50. The van der Waals surface area contributed by atoms with Crippen molar-refractivity contribution < 1.29 is 4.74 Å². The zero-order valence-electron chi connectivity index (χ0n) is 12.5. The van der Waals surface area contributed by atoms with Crippen LogP contribution in [0.15, 0.2) is 0 Å². The predicted molar refractivity (Wildman–Crippen MR) is 76.5 cm³/mol. The molecule has 2 N–H and O–H groups in total. The van der Waals surface area contributed by atoms with Gasteiger partial charge in [-0.1, -0.05) is 39.5 Å². The average molecular weight is 253 g/mol. The normalized spacial score (nSPS) is 29.3. The van der Waals surface area contributed by atoms with E-state index in [1.165, 1.54) is 44.9 Å². The zero-order valence-corrected chi connectivity index (χ0v) is 12.5. The van der Waals surface area contributed by atoms with Crippen LogP contribution in [0.2, 0.25) is 0 Å². The van der Waals surface area contributed by atoms with E-state index >= 15 is 0 Å².